The van der Waals surface area contributed by atoms with Crippen LogP contribution in [-0.2, 0) is 6.18 Å². The molecule has 0 fully saturated rings. The molecule has 0 aliphatic carbocycles. The molecule has 2 aromatic carbocycles. The summed E-state index contributed by atoms with van der Waals surface area (Å²) in [5, 5.41) is 2.90. The molecule has 0 unspecified atom stereocenters. The molecule has 0 bridgehead atoms. The summed E-state index contributed by atoms with van der Waals surface area (Å²) in [6.45, 7) is 1.80. The van der Waals surface area contributed by atoms with Gasteiger partial charge in [0.25, 0.3) is 0 Å². The zero-order valence-corrected chi connectivity index (χ0v) is 13.8. The third-order valence-electron chi connectivity index (χ3n) is 3.80. The molecule has 1 aromatic heterocycles. The molecule has 26 heavy (non-hydrogen) atoms. The topological polar surface area (TPSA) is 37.8 Å². The van der Waals surface area contributed by atoms with Crippen LogP contribution < -0.4 is 5.32 Å². The number of aromatic nitrogens is 2. The molecule has 3 aromatic rings. The fraction of sp³-hybridized carbons (Fsp3) is 0.158. The Labute approximate surface area is 147 Å². The molecule has 0 saturated heterocycles. The molecule has 1 N–H and O–H groups in total. The van der Waals surface area contributed by atoms with Crippen LogP contribution in [-0.4, -0.2) is 9.97 Å². The van der Waals surface area contributed by atoms with Crippen LogP contribution in [0.3, 0.4) is 0 Å². The highest BCUT2D eigenvalue weighted by Crippen LogP contribution is 2.31. The molecule has 0 spiro atoms. The maximum Gasteiger partial charge on any atom is 0.433 e. The number of hydrogen-bond acceptors (Lipinski definition) is 3. The number of rotatable bonds is 4. The van der Waals surface area contributed by atoms with Crippen molar-refractivity contribution in [3.8, 4) is 11.3 Å². The van der Waals surface area contributed by atoms with Crippen molar-refractivity contribution in [1.29, 1.82) is 0 Å². The molecular formula is C19H15F4N3. The molecule has 0 saturated carbocycles. The van der Waals surface area contributed by atoms with E-state index in [1.165, 1.54) is 24.3 Å². The number of anilines is 1. The number of nitrogens with one attached hydrogen (secondary N) is 1. The van der Waals surface area contributed by atoms with Crippen molar-refractivity contribution in [1.82, 2.24) is 9.97 Å². The zero-order chi connectivity index (χ0) is 18.7. The first kappa shape index (κ1) is 17.8. The van der Waals surface area contributed by atoms with E-state index in [9.17, 15) is 17.6 Å². The standard InChI is InChI=1S/C19H15F4N3/c1-12(13-5-3-2-4-6-13)24-18-25-16(11-17(26-18)19(21,22)23)14-7-9-15(20)10-8-14/h2-12H,1H3,(H,24,25,26)/t12-/m0/s1. The Balaban J connectivity index is 1.99. The van der Waals surface area contributed by atoms with Crippen LogP contribution in [0.25, 0.3) is 11.3 Å². The molecule has 3 nitrogen and oxygen atoms in total. The van der Waals surface area contributed by atoms with Crippen LogP contribution in [0.4, 0.5) is 23.5 Å². The second-order valence-electron chi connectivity index (χ2n) is 5.74. The molecule has 0 radical (unpaired) electrons. The van der Waals surface area contributed by atoms with Gasteiger partial charge in [-0.2, -0.15) is 13.2 Å². The number of hydrogen-bond donors (Lipinski definition) is 1. The highest BCUT2D eigenvalue weighted by Gasteiger charge is 2.34. The third-order valence-corrected chi connectivity index (χ3v) is 3.80. The Morgan fingerprint density at radius 3 is 2.19 bits per heavy atom. The number of nitrogens with zero attached hydrogens (tertiary/aromatic N) is 2. The quantitative estimate of drug-likeness (QED) is 0.626. The van der Waals surface area contributed by atoms with Gasteiger partial charge in [-0.05, 0) is 42.8 Å². The Bertz CT molecular complexity index is 878. The molecule has 0 aliphatic rings. The van der Waals surface area contributed by atoms with Crippen molar-refractivity contribution >= 4 is 5.95 Å². The minimum Gasteiger partial charge on any atom is -0.348 e. The molecule has 1 atom stereocenters. The van der Waals surface area contributed by atoms with Gasteiger partial charge in [0, 0.05) is 5.56 Å². The van der Waals surface area contributed by atoms with E-state index in [1.807, 2.05) is 30.3 Å². The van der Waals surface area contributed by atoms with Crippen LogP contribution in [0.2, 0.25) is 0 Å². The van der Waals surface area contributed by atoms with E-state index in [1.54, 1.807) is 6.92 Å². The Morgan fingerprint density at radius 2 is 1.58 bits per heavy atom. The minimum absolute atomic E-state index is 0.0649. The minimum atomic E-state index is -4.62. The summed E-state index contributed by atoms with van der Waals surface area (Å²) < 4.78 is 52.7. The van der Waals surface area contributed by atoms with Gasteiger partial charge < -0.3 is 5.32 Å². The lowest BCUT2D eigenvalue weighted by molar-refractivity contribution is -0.141. The summed E-state index contributed by atoms with van der Waals surface area (Å²) in [5.74, 6) is -0.620. The predicted octanol–water partition coefficient (Wildman–Crippen LogP) is 5.47. The third kappa shape index (κ3) is 4.17. The SMILES string of the molecule is C[C@H](Nc1nc(-c2ccc(F)cc2)cc(C(F)(F)F)n1)c1ccccc1. The van der Waals surface area contributed by atoms with Crippen molar-refractivity contribution in [2.45, 2.75) is 19.1 Å². The van der Waals surface area contributed by atoms with E-state index in [-0.39, 0.29) is 17.7 Å². The van der Waals surface area contributed by atoms with Crippen LogP contribution in [0.5, 0.6) is 0 Å². The second kappa shape index (κ2) is 7.11. The monoisotopic (exact) mass is 361 g/mol. The number of halogens is 4. The van der Waals surface area contributed by atoms with Crippen LogP contribution >= 0.6 is 0 Å². The number of benzene rings is 2. The first-order valence-corrected chi connectivity index (χ1v) is 7.86. The van der Waals surface area contributed by atoms with Gasteiger partial charge in [0.1, 0.15) is 5.82 Å². The summed E-state index contributed by atoms with van der Waals surface area (Å²) in [7, 11) is 0. The molecular weight excluding hydrogens is 346 g/mol. The first-order chi connectivity index (χ1) is 12.3. The lowest BCUT2D eigenvalue weighted by Gasteiger charge is -2.16. The maximum atomic E-state index is 13.2. The second-order valence-corrected chi connectivity index (χ2v) is 5.74. The van der Waals surface area contributed by atoms with Crippen LogP contribution in [0.15, 0.2) is 60.7 Å². The van der Waals surface area contributed by atoms with Gasteiger partial charge in [-0.1, -0.05) is 30.3 Å². The molecule has 3 rings (SSSR count). The van der Waals surface area contributed by atoms with Crippen molar-refractivity contribution in [3.05, 3.63) is 77.7 Å². The summed E-state index contributed by atoms with van der Waals surface area (Å²) in [6, 6.07) is 14.9. The van der Waals surface area contributed by atoms with Crippen LogP contribution in [0, 0.1) is 5.82 Å². The Kier molecular flexibility index (Phi) is 4.88. The Morgan fingerprint density at radius 1 is 0.923 bits per heavy atom. The van der Waals surface area contributed by atoms with E-state index in [0.29, 0.717) is 5.56 Å². The summed E-state index contributed by atoms with van der Waals surface area (Å²) in [5.41, 5.74) is 0.260. The highest BCUT2D eigenvalue weighted by atomic mass is 19.4. The molecule has 7 heteroatoms. The first-order valence-electron chi connectivity index (χ1n) is 7.86. The largest absolute Gasteiger partial charge is 0.433 e. The fourth-order valence-corrected chi connectivity index (χ4v) is 2.44. The van der Waals surface area contributed by atoms with Crippen LogP contribution in [0.1, 0.15) is 24.2 Å². The average Bonchev–Trinajstić information content (AvgIpc) is 2.62. The van der Waals surface area contributed by atoms with Crippen molar-refractivity contribution < 1.29 is 17.6 Å². The van der Waals surface area contributed by atoms with Crippen molar-refractivity contribution in [2.75, 3.05) is 5.32 Å². The molecule has 134 valence electrons. The normalized spacial score (nSPS) is 12.7. The van der Waals surface area contributed by atoms with Crippen molar-refractivity contribution in [2.24, 2.45) is 0 Å². The molecule has 1 heterocycles. The van der Waals surface area contributed by atoms with Gasteiger partial charge in [0.15, 0.2) is 5.69 Å². The van der Waals surface area contributed by atoms with E-state index in [0.717, 1.165) is 11.6 Å². The lowest BCUT2D eigenvalue weighted by atomic mass is 10.1. The van der Waals surface area contributed by atoms with E-state index >= 15 is 0 Å². The molecule has 0 amide bonds. The maximum absolute atomic E-state index is 13.2. The average molecular weight is 361 g/mol. The van der Waals surface area contributed by atoms with Gasteiger partial charge in [-0.3, -0.25) is 0 Å². The van der Waals surface area contributed by atoms with E-state index in [4.69, 9.17) is 0 Å². The predicted molar refractivity (Wildman–Crippen MR) is 90.9 cm³/mol. The summed E-state index contributed by atoms with van der Waals surface area (Å²) >= 11 is 0. The van der Waals surface area contributed by atoms with Gasteiger partial charge in [0.05, 0.1) is 11.7 Å². The van der Waals surface area contributed by atoms with E-state index < -0.39 is 17.7 Å². The Hall–Kier alpha value is -2.96. The smallest absolute Gasteiger partial charge is 0.348 e. The van der Waals surface area contributed by atoms with Gasteiger partial charge in [-0.25, -0.2) is 14.4 Å². The highest BCUT2D eigenvalue weighted by molar-refractivity contribution is 5.61. The summed E-state index contributed by atoms with van der Waals surface area (Å²) in [4.78, 5) is 7.76. The van der Waals surface area contributed by atoms with E-state index in [2.05, 4.69) is 15.3 Å². The zero-order valence-electron chi connectivity index (χ0n) is 13.8. The van der Waals surface area contributed by atoms with Crippen molar-refractivity contribution in [3.63, 3.8) is 0 Å². The van der Waals surface area contributed by atoms with Gasteiger partial charge in [0.2, 0.25) is 5.95 Å². The van der Waals surface area contributed by atoms with Gasteiger partial charge >= 0.3 is 6.18 Å². The summed E-state index contributed by atoms with van der Waals surface area (Å²) in [6.07, 6.45) is -4.62. The van der Waals surface area contributed by atoms with Gasteiger partial charge in [-0.15, -0.1) is 0 Å². The lowest BCUT2D eigenvalue weighted by Crippen LogP contribution is -2.14. The fourth-order valence-electron chi connectivity index (χ4n) is 2.44. The molecule has 0 aliphatic heterocycles. The number of alkyl halides is 3.